The Morgan fingerprint density at radius 1 is 1.18 bits per heavy atom. The van der Waals surface area contributed by atoms with Gasteiger partial charge in [-0.2, -0.15) is 24.9 Å². The summed E-state index contributed by atoms with van der Waals surface area (Å²) in [7, 11) is 1.24. The lowest BCUT2D eigenvalue weighted by molar-refractivity contribution is -0.190. The van der Waals surface area contributed by atoms with Gasteiger partial charge < -0.3 is 10.2 Å². The minimum Gasteiger partial charge on any atom is -0.367 e. The first kappa shape index (κ1) is 24.5. The fraction of sp³-hybridized carbons (Fsp3) is 0.478. The zero-order valence-corrected chi connectivity index (χ0v) is 20.3. The van der Waals surface area contributed by atoms with Crippen molar-refractivity contribution in [3.8, 4) is 0 Å². The number of nitrogens with zero attached hydrogens (tertiary/aromatic N) is 2. The van der Waals surface area contributed by atoms with E-state index in [1.165, 1.54) is 25.4 Å². The van der Waals surface area contributed by atoms with Crippen molar-refractivity contribution in [2.75, 3.05) is 23.9 Å². The highest BCUT2D eigenvalue weighted by Gasteiger charge is 2.46. The third kappa shape index (κ3) is 5.38. The van der Waals surface area contributed by atoms with Crippen LogP contribution in [-0.2, 0) is 17.6 Å². The first-order valence-electron chi connectivity index (χ1n) is 10.7. The molecular formula is C23H24Cl2F3N3OS. The summed E-state index contributed by atoms with van der Waals surface area (Å²) in [5.41, 5.74) is 2.02. The van der Waals surface area contributed by atoms with Crippen molar-refractivity contribution in [1.29, 1.82) is 0 Å². The molecule has 1 fully saturated rings. The summed E-state index contributed by atoms with van der Waals surface area (Å²) in [5, 5.41) is 4.31. The number of hydrogen-bond acceptors (Lipinski definition) is 4. The molecule has 1 aromatic carbocycles. The maximum absolute atomic E-state index is 14.0. The van der Waals surface area contributed by atoms with Gasteiger partial charge in [-0.15, -0.1) is 0 Å². The van der Waals surface area contributed by atoms with Gasteiger partial charge in [-0.05, 0) is 60.4 Å². The number of carbonyl (C=O) groups is 1. The van der Waals surface area contributed by atoms with Crippen LogP contribution < -0.4 is 5.32 Å². The molecule has 4 nitrogen and oxygen atoms in total. The van der Waals surface area contributed by atoms with Crippen LogP contribution in [0.15, 0.2) is 30.5 Å². The van der Waals surface area contributed by atoms with Crippen molar-refractivity contribution in [2.45, 2.75) is 43.9 Å². The molecule has 0 radical (unpaired) electrons. The Morgan fingerprint density at radius 2 is 1.91 bits per heavy atom. The van der Waals surface area contributed by atoms with Gasteiger partial charge in [0, 0.05) is 30.8 Å². The van der Waals surface area contributed by atoms with Crippen molar-refractivity contribution in [2.24, 2.45) is 5.92 Å². The third-order valence-corrected chi connectivity index (χ3v) is 8.17. The molecule has 1 aliphatic heterocycles. The van der Waals surface area contributed by atoms with Gasteiger partial charge in [0.1, 0.15) is 5.82 Å². The fourth-order valence-electron chi connectivity index (χ4n) is 4.58. The highest BCUT2D eigenvalue weighted by Crippen LogP contribution is 2.39. The molecule has 2 aliphatic rings. The van der Waals surface area contributed by atoms with Gasteiger partial charge >= 0.3 is 6.18 Å². The Balaban J connectivity index is 1.47. The largest absolute Gasteiger partial charge is 0.413 e. The molecule has 33 heavy (non-hydrogen) atoms. The Bertz CT molecular complexity index is 1010. The van der Waals surface area contributed by atoms with Crippen LogP contribution in [0.5, 0.6) is 0 Å². The van der Waals surface area contributed by atoms with E-state index in [0.29, 0.717) is 35.1 Å². The number of anilines is 1. The Labute approximate surface area is 205 Å². The molecule has 2 heterocycles. The van der Waals surface area contributed by atoms with Gasteiger partial charge in [0.05, 0.1) is 10.0 Å². The summed E-state index contributed by atoms with van der Waals surface area (Å²) in [4.78, 5) is 17.8. The summed E-state index contributed by atoms with van der Waals surface area (Å²) < 4.78 is 41.9. The summed E-state index contributed by atoms with van der Waals surface area (Å²) in [6.45, 7) is 0. The normalized spacial score (nSPS) is 19.8. The smallest absolute Gasteiger partial charge is 0.367 e. The number of fused-ring (bicyclic) bond motifs is 1. The average Bonchev–Trinajstić information content (AvgIpc) is 3.20. The predicted molar refractivity (Wildman–Crippen MR) is 127 cm³/mol. The maximum Gasteiger partial charge on any atom is 0.413 e. The van der Waals surface area contributed by atoms with E-state index in [1.807, 2.05) is 6.07 Å². The molecule has 2 atom stereocenters. The van der Waals surface area contributed by atoms with Crippen molar-refractivity contribution in [1.82, 2.24) is 9.88 Å². The van der Waals surface area contributed by atoms with Gasteiger partial charge in [0.2, 0.25) is 5.91 Å². The third-order valence-electron chi connectivity index (χ3n) is 6.28. The average molecular weight is 518 g/mol. The van der Waals surface area contributed by atoms with Crippen molar-refractivity contribution >= 4 is 46.7 Å². The number of amides is 1. The standard InChI is InChI=1S/C23H24Cl2F3N3OS/c1-31(22(32)13-6-8-33-9-7-13)21(23(26,27)28)15-3-5-19(29-12-15)30-16-10-14-2-4-18(24)20(25)17(14)11-16/h2-5,12-13,16,21H,6-11H2,1H3,(H,29,30)/t16?,21-/m0/s1. The molecule has 4 rings (SSSR count). The Morgan fingerprint density at radius 3 is 2.55 bits per heavy atom. The quantitative estimate of drug-likeness (QED) is 0.514. The highest BCUT2D eigenvalue weighted by atomic mass is 35.5. The number of rotatable bonds is 5. The number of nitrogens with one attached hydrogen (secondary N) is 1. The molecule has 2 aromatic rings. The van der Waals surface area contributed by atoms with Crippen LogP contribution in [0.4, 0.5) is 19.0 Å². The molecule has 1 aliphatic carbocycles. The van der Waals surface area contributed by atoms with Crippen LogP contribution >= 0.6 is 35.0 Å². The number of aromatic nitrogens is 1. The number of hydrogen-bond donors (Lipinski definition) is 1. The summed E-state index contributed by atoms with van der Waals surface area (Å²) in [6, 6.07) is 4.60. The number of alkyl halides is 3. The van der Waals surface area contributed by atoms with E-state index in [2.05, 4.69) is 10.3 Å². The van der Waals surface area contributed by atoms with Gasteiger partial charge in [0.25, 0.3) is 0 Å². The second kappa shape index (κ2) is 9.92. The molecule has 1 saturated heterocycles. The minimum atomic E-state index is -4.60. The first-order chi connectivity index (χ1) is 15.6. The van der Waals surface area contributed by atoms with Crippen molar-refractivity contribution in [3.63, 3.8) is 0 Å². The number of carbonyl (C=O) groups excluding carboxylic acids is 1. The van der Waals surface area contributed by atoms with Crippen LogP contribution in [0.25, 0.3) is 0 Å². The predicted octanol–water partition coefficient (Wildman–Crippen LogP) is 6.17. The molecule has 0 spiro atoms. The molecule has 1 amide bonds. The van der Waals surface area contributed by atoms with E-state index in [1.54, 1.807) is 17.8 Å². The molecule has 0 bridgehead atoms. The van der Waals surface area contributed by atoms with E-state index in [-0.39, 0.29) is 17.5 Å². The summed E-state index contributed by atoms with van der Waals surface area (Å²) in [6.07, 6.45) is -0.810. The van der Waals surface area contributed by atoms with Gasteiger partial charge in [0.15, 0.2) is 6.04 Å². The molecule has 10 heteroatoms. The fourth-order valence-corrected chi connectivity index (χ4v) is 6.13. The second-order valence-corrected chi connectivity index (χ2v) is 10.5. The van der Waals surface area contributed by atoms with Crippen LogP contribution in [0.3, 0.4) is 0 Å². The molecule has 0 saturated carbocycles. The molecular weight excluding hydrogens is 494 g/mol. The number of pyridine rings is 1. The van der Waals surface area contributed by atoms with E-state index < -0.39 is 18.1 Å². The van der Waals surface area contributed by atoms with Crippen molar-refractivity contribution in [3.05, 3.63) is 57.2 Å². The van der Waals surface area contributed by atoms with Crippen LogP contribution in [0, 0.1) is 5.92 Å². The summed E-state index contributed by atoms with van der Waals surface area (Å²) in [5.74, 6) is 1.24. The van der Waals surface area contributed by atoms with E-state index in [9.17, 15) is 18.0 Å². The number of halogens is 5. The van der Waals surface area contributed by atoms with Gasteiger partial charge in [-0.25, -0.2) is 4.98 Å². The molecule has 1 aromatic heterocycles. The molecule has 1 N–H and O–H groups in total. The lowest BCUT2D eigenvalue weighted by Crippen LogP contribution is -2.43. The Kier molecular flexibility index (Phi) is 7.36. The monoisotopic (exact) mass is 517 g/mol. The number of benzene rings is 1. The van der Waals surface area contributed by atoms with E-state index >= 15 is 0 Å². The van der Waals surface area contributed by atoms with Crippen molar-refractivity contribution < 1.29 is 18.0 Å². The zero-order valence-electron chi connectivity index (χ0n) is 18.0. The van der Waals surface area contributed by atoms with E-state index in [0.717, 1.165) is 34.0 Å². The molecule has 1 unspecified atom stereocenters. The van der Waals surface area contributed by atoms with Crippen LogP contribution in [0.1, 0.15) is 35.6 Å². The zero-order chi connectivity index (χ0) is 23.8. The number of thioether (sulfide) groups is 1. The Hall–Kier alpha value is -1.64. The second-order valence-electron chi connectivity index (χ2n) is 8.51. The maximum atomic E-state index is 14.0. The summed E-state index contributed by atoms with van der Waals surface area (Å²) >= 11 is 14.1. The minimum absolute atomic E-state index is 0.0150. The van der Waals surface area contributed by atoms with Crippen LogP contribution in [-0.4, -0.2) is 46.6 Å². The van der Waals surface area contributed by atoms with Gasteiger partial charge in [-0.1, -0.05) is 35.3 Å². The SMILES string of the molecule is CN(C(=O)C1CCSCC1)[C@@H](c1ccc(NC2Cc3ccc(Cl)c(Cl)c3C2)nc1)C(F)(F)F. The first-order valence-corrected chi connectivity index (χ1v) is 12.7. The lowest BCUT2D eigenvalue weighted by atomic mass is 9.99. The lowest BCUT2D eigenvalue weighted by Gasteiger charge is -2.33. The van der Waals surface area contributed by atoms with Gasteiger partial charge in [-0.3, -0.25) is 4.79 Å². The topological polar surface area (TPSA) is 45.2 Å². The van der Waals surface area contributed by atoms with E-state index in [4.69, 9.17) is 23.2 Å². The van der Waals surface area contributed by atoms with Crippen LogP contribution in [0.2, 0.25) is 10.0 Å². The highest BCUT2D eigenvalue weighted by molar-refractivity contribution is 7.99. The molecule has 178 valence electrons.